The molecule has 1 unspecified atom stereocenters. The molecule has 1 atom stereocenters. The molecule has 0 amide bonds. The van der Waals surface area contributed by atoms with Crippen molar-refractivity contribution in [2.75, 3.05) is 6.54 Å². The van der Waals surface area contributed by atoms with Gasteiger partial charge in [0.1, 0.15) is 5.82 Å². The largest absolute Gasteiger partial charge is 0.306 e. The number of halogens is 2. The third kappa shape index (κ3) is 3.92. The molecule has 0 heterocycles. The maximum Gasteiger partial charge on any atom is 0.126 e. The van der Waals surface area contributed by atoms with Crippen LogP contribution in [0.5, 0.6) is 0 Å². The lowest BCUT2D eigenvalue weighted by atomic mass is 9.96. The predicted molar refractivity (Wildman–Crippen MR) is 90.2 cm³/mol. The van der Waals surface area contributed by atoms with Crippen molar-refractivity contribution in [3.05, 3.63) is 68.9 Å². The molecule has 2 rings (SSSR count). The van der Waals surface area contributed by atoms with Gasteiger partial charge in [0.2, 0.25) is 0 Å². The number of rotatable bonds is 5. The zero-order chi connectivity index (χ0) is 15.4. The van der Waals surface area contributed by atoms with Gasteiger partial charge in [0.05, 0.1) is 6.04 Å². The molecule has 3 heteroatoms. The van der Waals surface area contributed by atoms with Gasteiger partial charge in [-0.25, -0.2) is 4.39 Å². The van der Waals surface area contributed by atoms with Gasteiger partial charge in [-0.3, -0.25) is 0 Å². The average Bonchev–Trinajstić information content (AvgIpc) is 2.46. The van der Waals surface area contributed by atoms with Gasteiger partial charge in [-0.15, -0.1) is 0 Å². The molecule has 1 nitrogen and oxygen atoms in total. The molecule has 0 fully saturated rings. The van der Waals surface area contributed by atoms with E-state index in [1.165, 1.54) is 11.1 Å². The molecule has 2 aromatic rings. The third-order valence-corrected chi connectivity index (χ3v) is 4.52. The van der Waals surface area contributed by atoms with Crippen molar-refractivity contribution in [1.82, 2.24) is 5.32 Å². The molecule has 1 N–H and O–H groups in total. The van der Waals surface area contributed by atoms with Crippen LogP contribution < -0.4 is 5.32 Å². The average molecular weight is 350 g/mol. The zero-order valence-corrected chi connectivity index (χ0v) is 14.3. The Kier molecular flexibility index (Phi) is 5.54. The lowest BCUT2D eigenvalue weighted by Gasteiger charge is -2.21. The van der Waals surface area contributed by atoms with E-state index in [4.69, 9.17) is 0 Å². The summed E-state index contributed by atoms with van der Waals surface area (Å²) < 4.78 is 14.6. The molecule has 0 aliphatic heterocycles. The highest BCUT2D eigenvalue weighted by Gasteiger charge is 2.15. The molecule has 0 spiro atoms. The standard InChI is InChI=1S/C18H21BrFN/c1-4-9-21-18(14-5-7-16(19)12(2)10-14)15-6-8-17(20)13(3)11-15/h5-8,10-11,18,21H,4,9H2,1-3H3. The molecule has 0 saturated heterocycles. The third-order valence-electron chi connectivity index (χ3n) is 3.63. The maximum absolute atomic E-state index is 13.5. The molecular weight excluding hydrogens is 329 g/mol. The van der Waals surface area contributed by atoms with Crippen molar-refractivity contribution in [3.8, 4) is 0 Å². The summed E-state index contributed by atoms with van der Waals surface area (Å²) >= 11 is 3.54. The van der Waals surface area contributed by atoms with Crippen LogP contribution in [0.15, 0.2) is 40.9 Å². The molecule has 0 bridgehead atoms. The lowest BCUT2D eigenvalue weighted by Crippen LogP contribution is -2.23. The molecule has 0 saturated carbocycles. The van der Waals surface area contributed by atoms with Crippen LogP contribution in [-0.2, 0) is 0 Å². The Morgan fingerprint density at radius 1 is 1.05 bits per heavy atom. The van der Waals surface area contributed by atoms with E-state index in [1.807, 2.05) is 19.1 Å². The molecule has 2 aromatic carbocycles. The van der Waals surface area contributed by atoms with E-state index in [-0.39, 0.29) is 11.9 Å². The van der Waals surface area contributed by atoms with Crippen LogP contribution in [0.25, 0.3) is 0 Å². The van der Waals surface area contributed by atoms with Gasteiger partial charge < -0.3 is 5.32 Å². The molecular formula is C18H21BrFN. The highest BCUT2D eigenvalue weighted by molar-refractivity contribution is 9.10. The van der Waals surface area contributed by atoms with Crippen LogP contribution in [0.1, 0.15) is 41.6 Å². The normalized spacial score (nSPS) is 12.4. The molecule has 0 aliphatic carbocycles. The summed E-state index contributed by atoms with van der Waals surface area (Å²) in [6, 6.07) is 11.8. The van der Waals surface area contributed by atoms with E-state index in [2.05, 4.69) is 53.3 Å². The fraction of sp³-hybridized carbons (Fsp3) is 0.333. The van der Waals surface area contributed by atoms with Crippen LogP contribution in [0.4, 0.5) is 4.39 Å². The van der Waals surface area contributed by atoms with E-state index in [0.717, 1.165) is 23.0 Å². The van der Waals surface area contributed by atoms with Gasteiger partial charge in [-0.1, -0.05) is 47.1 Å². The summed E-state index contributed by atoms with van der Waals surface area (Å²) in [6.07, 6.45) is 1.06. The predicted octanol–water partition coefficient (Wildman–Crippen LogP) is 5.29. The van der Waals surface area contributed by atoms with Gasteiger partial charge >= 0.3 is 0 Å². The molecule has 0 radical (unpaired) electrons. The first kappa shape index (κ1) is 16.2. The minimum Gasteiger partial charge on any atom is -0.306 e. The number of hydrogen-bond acceptors (Lipinski definition) is 1. The van der Waals surface area contributed by atoms with E-state index in [1.54, 1.807) is 6.07 Å². The fourth-order valence-corrected chi connectivity index (χ4v) is 2.66. The van der Waals surface area contributed by atoms with E-state index < -0.39 is 0 Å². The van der Waals surface area contributed by atoms with Crippen LogP contribution in [-0.4, -0.2) is 6.54 Å². The summed E-state index contributed by atoms with van der Waals surface area (Å²) in [7, 11) is 0. The smallest absolute Gasteiger partial charge is 0.126 e. The Morgan fingerprint density at radius 3 is 2.24 bits per heavy atom. The number of hydrogen-bond donors (Lipinski definition) is 1. The van der Waals surface area contributed by atoms with Crippen LogP contribution in [0, 0.1) is 19.7 Å². The van der Waals surface area contributed by atoms with Gasteiger partial charge in [-0.2, -0.15) is 0 Å². The first-order valence-electron chi connectivity index (χ1n) is 7.28. The highest BCUT2D eigenvalue weighted by atomic mass is 79.9. The SMILES string of the molecule is CCCNC(c1ccc(F)c(C)c1)c1ccc(Br)c(C)c1. The highest BCUT2D eigenvalue weighted by Crippen LogP contribution is 2.27. The topological polar surface area (TPSA) is 12.0 Å². The van der Waals surface area contributed by atoms with Crippen molar-refractivity contribution < 1.29 is 4.39 Å². The quantitative estimate of drug-likeness (QED) is 0.772. The van der Waals surface area contributed by atoms with Gasteiger partial charge in [0.25, 0.3) is 0 Å². The van der Waals surface area contributed by atoms with Crippen molar-refractivity contribution >= 4 is 15.9 Å². The molecule has 0 aromatic heterocycles. The van der Waals surface area contributed by atoms with E-state index in [9.17, 15) is 4.39 Å². The first-order chi connectivity index (χ1) is 10.0. The number of benzene rings is 2. The Labute approximate surface area is 134 Å². The monoisotopic (exact) mass is 349 g/mol. The summed E-state index contributed by atoms with van der Waals surface area (Å²) in [5.41, 5.74) is 4.19. The fourth-order valence-electron chi connectivity index (χ4n) is 2.41. The van der Waals surface area contributed by atoms with Gasteiger partial charge in [0, 0.05) is 4.47 Å². The number of aryl methyl sites for hydroxylation is 2. The summed E-state index contributed by atoms with van der Waals surface area (Å²) in [5.74, 6) is -0.153. The minimum absolute atomic E-state index is 0.0936. The van der Waals surface area contributed by atoms with Crippen molar-refractivity contribution in [3.63, 3.8) is 0 Å². The first-order valence-corrected chi connectivity index (χ1v) is 8.07. The molecule has 0 aliphatic rings. The lowest BCUT2D eigenvalue weighted by molar-refractivity contribution is 0.590. The Morgan fingerprint density at radius 2 is 1.67 bits per heavy atom. The van der Waals surface area contributed by atoms with Crippen molar-refractivity contribution in [2.24, 2.45) is 0 Å². The summed E-state index contributed by atoms with van der Waals surface area (Å²) in [6.45, 7) is 6.96. The van der Waals surface area contributed by atoms with Crippen LogP contribution >= 0.6 is 15.9 Å². The maximum atomic E-state index is 13.5. The van der Waals surface area contributed by atoms with E-state index in [0.29, 0.717) is 5.56 Å². The molecule has 112 valence electrons. The number of nitrogens with one attached hydrogen (secondary N) is 1. The summed E-state index contributed by atoms with van der Waals surface area (Å²) in [5, 5.41) is 3.56. The minimum atomic E-state index is -0.153. The van der Waals surface area contributed by atoms with E-state index >= 15 is 0 Å². The Hall–Kier alpha value is -1.19. The molecule has 21 heavy (non-hydrogen) atoms. The Balaban J connectivity index is 2.41. The second-order valence-corrected chi connectivity index (χ2v) is 6.26. The summed E-state index contributed by atoms with van der Waals surface area (Å²) in [4.78, 5) is 0. The van der Waals surface area contributed by atoms with Crippen molar-refractivity contribution in [1.29, 1.82) is 0 Å². The van der Waals surface area contributed by atoms with Gasteiger partial charge in [-0.05, 0) is 61.2 Å². The van der Waals surface area contributed by atoms with Crippen molar-refractivity contribution in [2.45, 2.75) is 33.2 Å². The second-order valence-electron chi connectivity index (χ2n) is 5.40. The van der Waals surface area contributed by atoms with Crippen LogP contribution in [0.2, 0.25) is 0 Å². The zero-order valence-electron chi connectivity index (χ0n) is 12.7. The second kappa shape index (κ2) is 7.19. The Bertz CT molecular complexity index is 573. The van der Waals surface area contributed by atoms with Gasteiger partial charge in [0.15, 0.2) is 0 Å². The van der Waals surface area contributed by atoms with Crippen LogP contribution in [0.3, 0.4) is 0 Å².